The van der Waals surface area contributed by atoms with E-state index in [2.05, 4.69) is 0 Å². The number of aryl methyl sites for hydroxylation is 1. The zero-order valence-corrected chi connectivity index (χ0v) is 15.5. The molecule has 4 nitrogen and oxygen atoms in total. The van der Waals surface area contributed by atoms with E-state index in [-0.39, 0.29) is 23.5 Å². The molecule has 2 aromatic rings. The van der Waals surface area contributed by atoms with Gasteiger partial charge in [0.05, 0.1) is 0 Å². The lowest BCUT2D eigenvalue weighted by Crippen LogP contribution is -2.44. The maximum atomic E-state index is 13.3. The van der Waals surface area contributed by atoms with Crippen molar-refractivity contribution in [1.29, 1.82) is 0 Å². The van der Waals surface area contributed by atoms with E-state index >= 15 is 0 Å². The summed E-state index contributed by atoms with van der Waals surface area (Å²) in [4.78, 5) is 27.4. The van der Waals surface area contributed by atoms with Crippen molar-refractivity contribution in [3.05, 3.63) is 64.7 Å². The second kappa shape index (κ2) is 7.55. The molecule has 1 fully saturated rings. The SMILES string of the molecule is O=C1CCc2c1cccc2C(=O)N1CCCCC1CCc1cccc(O)c1. The fraction of sp³-hybridized carbons (Fsp3) is 0.391. The molecule has 1 aliphatic carbocycles. The summed E-state index contributed by atoms with van der Waals surface area (Å²) in [6.45, 7) is 0.779. The molecule has 0 saturated carbocycles. The summed E-state index contributed by atoms with van der Waals surface area (Å²) in [6.07, 6.45) is 6.11. The first-order valence-electron chi connectivity index (χ1n) is 9.87. The standard InChI is InChI=1S/C23H25NO3/c25-18-7-3-5-16(15-18)10-11-17-6-1-2-14-24(17)23(27)21-9-4-8-20-19(21)12-13-22(20)26/h3-5,7-9,15,17,25H,1-2,6,10-14H2. The minimum absolute atomic E-state index is 0.0714. The van der Waals surface area contributed by atoms with Gasteiger partial charge in [-0.15, -0.1) is 0 Å². The lowest BCUT2D eigenvalue weighted by molar-refractivity contribution is 0.0600. The van der Waals surface area contributed by atoms with Gasteiger partial charge in [0.2, 0.25) is 0 Å². The Kier molecular flexibility index (Phi) is 4.97. The smallest absolute Gasteiger partial charge is 0.254 e. The number of phenolic OH excluding ortho intramolecular Hbond substituents is 1. The molecule has 0 bridgehead atoms. The maximum Gasteiger partial charge on any atom is 0.254 e. The lowest BCUT2D eigenvalue weighted by atomic mass is 9.94. The van der Waals surface area contributed by atoms with Gasteiger partial charge in [0, 0.05) is 30.1 Å². The number of benzene rings is 2. The van der Waals surface area contributed by atoms with E-state index < -0.39 is 0 Å². The fourth-order valence-corrected chi connectivity index (χ4v) is 4.46. The van der Waals surface area contributed by atoms with Crippen molar-refractivity contribution in [2.75, 3.05) is 6.54 Å². The van der Waals surface area contributed by atoms with Gasteiger partial charge in [-0.25, -0.2) is 0 Å². The molecule has 4 heteroatoms. The van der Waals surface area contributed by atoms with Gasteiger partial charge >= 0.3 is 0 Å². The van der Waals surface area contributed by atoms with Gasteiger partial charge in [-0.05, 0) is 67.9 Å². The first kappa shape index (κ1) is 17.8. The molecule has 1 saturated heterocycles. The van der Waals surface area contributed by atoms with Crippen molar-refractivity contribution in [3.63, 3.8) is 0 Å². The van der Waals surface area contributed by atoms with E-state index in [9.17, 15) is 14.7 Å². The third-order valence-electron chi connectivity index (χ3n) is 5.87. The molecule has 2 aliphatic rings. The van der Waals surface area contributed by atoms with Crippen molar-refractivity contribution in [2.45, 2.75) is 51.0 Å². The Morgan fingerprint density at radius 1 is 1.11 bits per heavy atom. The number of amides is 1. The number of piperidine rings is 1. The van der Waals surface area contributed by atoms with Crippen molar-refractivity contribution >= 4 is 11.7 Å². The average Bonchev–Trinajstić information content (AvgIpc) is 3.07. The number of ketones is 1. The maximum absolute atomic E-state index is 13.3. The Morgan fingerprint density at radius 3 is 2.81 bits per heavy atom. The Balaban J connectivity index is 1.52. The predicted molar refractivity (Wildman–Crippen MR) is 104 cm³/mol. The highest BCUT2D eigenvalue weighted by Crippen LogP contribution is 2.29. The van der Waals surface area contributed by atoms with E-state index in [4.69, 9.17) is 0 Å². The molecule has 2 aromatic carbocycles. The Labute approximate surface area is 159 Å². The summed E-state index contributed by atoms with van der Waals surface area (Å²) in [7, 11) is 0. The quantitative estimate of drug-likeness (QED) is 0.888. The number of carbonyl (C=O) groups excluding carboxylic acids is 2. The minimum atomic E-state index is 0.0714. The van der Waals surface area contributed by atoms with Crippen molar-refractivity contribution in [1.82, 2.24) is 4.90 Å². The molecule has 140 valence electrons. The Hall–Kier alpha value is -2.62. The van der Waals surface area contributed by atoms with Crippen LogP contribution in [0.2, 0.25) is 0 Å². The van der Waals surface area contributed by atoms with E-state index in [0.29, 0.717) is 18.4 Å². The third-order valence-corrected chi connectivity index (χ3v) is 5.87. The number of aromatic hydroxyl groups is 1. The van der Waals surface area contributed by atoms with Crippen LogP contribution in [0.25, 0.3) is 0 Å². The van der Waals surface area contributed by atoms with Gasteiger partial charge in [0.15, 0.2) is 5.78 Å². The summed E-state index contributed by atoms with van der Waals surface area (Å²) in [6, 6.07) is 13.1. The molecule has 0 spiro atoms. The molecule has 0 aromatic heterocycles. The summed E-state index contributed by atoms with van der Waals surface area (Å²) in [5.41, 5.74) is 3.47. The highest BCUT2D eigenvalue weighted by molar-refractivity contribution is 6.05. The van der Waals surface area contributed by atoms with Gasteiger partial charge in [-0.1, -0.05) is 24.3 Å². The van der Waals surface area contributed by atoms with Crippen LogP contribution in [-0.2, 0) is 12.8 Å². The van der Waals surface area contributed by atoms with Crippen molar-refractivity contribution < 1.29 is 14.7 Å². The van der Waals surface area contributed by atoms with Gasteiger partial charge in [-0.3, -0.25) is 9.59 Å². The first-order valence-corrected chi connectivity index (χ1v) is 9.87. The van der Waals surface area contributed by atoms with E-state index in [1.165, 1.54) is 0 Å². The van der Waals surface area contributed by atoms with Crippen molar-refractivity contribution in [3.8, 4) is 5.75 Å². The van der Waals surface area contributed by atoms with Gasteiger partial charge < -0.3 is 10.0 Å². The largest absolute Gasteiger partial charge is 0.508 e. The summed E-state index contributed by atoms with van der Waals surface area (Å²) in [5, 5.41) is 9.66. The zero-order chi connectivity index (χ0) is 18.8. The number of hydrogen-bond acceptors (Lipinski definition) is 3. The van der Waals surface area contributed by atoms with Crippen LogP contribution in [0.15, 0.2) is 42.5 Å². The normalized spacial score (nSPS) is 19.2. The van der Waals surface area contributed by atoms with Crippen LogP contribution < -0.4 is 0 Å². The van der Waals surface area contributed by atoms with Gasteiger partial charge in [0.25, 0.3) is 5.91 Å². The van der Waals surface area contributed by atoms with Gasteiger partial charge in [0.1, 0.15) is 5.75 Å². The number of likely N-dealkylation sites (tertiary alicyclic amines) is 1. The molecule has 1 heterocycles. The van der Waals surface area contributed by atoms with Crippen LogP contribution in [0.1, 0.15) is 63.9 Å². The Bertz CT molecular complexity index is 874. The number of rotatable bonds is 4. The number of nitrogens with zero attached hydrogens (tertiary/aromatic N) is 1. The van der Waals surface area contributed by atoms with Crippen LogP contribution in [0.3, 0.4) is 0 Å². The zero-order valence-electron chi connectivity index (χ0n) is 15.5. The summed E-state index contributed by atoms with van der Waals surface area (Å²) < 4.78 is 0. The molecule has 27 heavy (non-hydrogen) atoms. The van der Waals surface area contributed by atoms with Crippen molar-refractivity contribution in [2.24, 2.45) is 0 Å². The number of hydrogen-bond donors (Lipinski definition) is 1. The molecule has 0 radical (unpaired) electrons. The second-order valence-electron chi connectivity index (χ2n) is 7.61. The second-order valence-corrected chi connectivity index (χ2v) is 7.61. The molecular formula is C23H25NO3. The number of Topliss-reactive ketones (excluding diaryl/α,β-unsaturated/α-hetero) is 1. The molecule has 1 unspecified atom stereocenters. The van der Waals surface area contributed by atoms with Gasteiger partial charge in [-0.2, -0.15) is 0 Å². The molecule has 1 atom stereocenters. The molecule has 4 rings (SSSR count). The van der Waals surface area contributed by atoms with E-state index in [1.807, 2.05) is 35.2 Å². The highest BCUT2D eigenvalue weighted by Gasteiger charge is 2.31. The predicted octanol–water partition coefficient (Wildman–Crippen LogP) is 4.15. The molecule has 1 N–H and O–H groups in total. The van der Waals surface area contributed by atoms with Crippen LogP contribution in [-0.4, -0.2) is 34.3 Å². The van der Waals surface area contributed by atoms with Crippen LogP contribution >= 0.6 is 0 Å². The number of fused-ring (bicyclic) bond motifs is 1. The monoisotopic (exact) mass is 363 g/mol. The summed E-state index contributed by atoms with van der Waals surface area (Å²) >= 11 is 0. The number of carbonyl (C=O) groups is 2. The third kappa shape index (κ3) is 3.61. The lowest BCUT2D eigenvalue weighted by Gasteiger charge is -2.36. The fourth-order valence-electron chi connectivity index (χ4n) is 4.46. The topological polar surface area (TPSA) is 57.6 Å². The first-order chi connectivity index (χ1) is 13.1. The Morgan fingerprint density at radius 2 is 1.96 bits per heavy atom. The molecule has 1 aliphatic heterocycles. The average molecular weight is 363 g/mol. The molecule has 1 amide bonds. The van der Waals surface area contributed by atoms with E-state index in [1.54, 1.807) is 12.1 Å². The highest BCUT2D eigenvalue weighted by atomic mass is 16.3. The molecular weight excluding hydrogens is 338 g/mol. The minimum Gasteiger partial charge on any atom is -0.508 e. The van der Waals surface area contributed by atoms with Crippen LogP contribution in [0.5, 0.6) is 5.75 Å². The summed E-state index contributed by atoms with van der Waals surface area (Å²) in [5.74, 6) is 0.509. The number of phenols is 1. The van der Waals surface area contributed by atoms with Crippen LogP contribution in [0.4, 0.5) is 0 Å². The van der Waals surface area contributed by atoms with Crippen LogP contribution in [0, 0.1) is 0 Å². The van der Waals surface area contributed by atoms with E-state index in [0.717, 1.165) is 55.3 Å².